The molecule has 1 aliphatic rings. The molecule has 0 aliphatic heterocycles. The number of rotatable bonds is 3. The molecule has 0 heterocycles. The maximum absolute atomic E-state index is 11.0. The largest absolute Gasteiger partial charge is 0.358 e. The van der Waals surface area contributed by atoms with Crippen LogP contribution >= 0.6 is 0 Å². The van der Waals surface area contributed by atoms with E-state index in [2.05, 4.69) is 24.5 Å². The fourth-order valence-electron chi connectivity index (χ4n) is 2.06. The number of amides is 1. The Labute approximate surface area is 86.6 Å². The molecule has 3 nitrogen and oxygen atoms in total. The number of hydrogen-bond acceptors (Lipinski definition) is 2. The topological polar surface area (TPSA) is 41.1 Å². The summed E-state index contributed by atoms with van der Waals surface area (Å²) < 4.78 is 0. The minimum atomic E-state index is 0.0799. The molecule has 0 spiro atoms. The SMILES string of the molecule is CNC(=O)CNC1CCC(C)C(C)C1. The number of carbonyl (C=O) groups excluding carboxylic acids is 1. The molecule has 3 heteroatoms. The quantitative estimate of drug-likeness (QED) is 0.714. The van der Waals surface area contributed by atoms with Gasteiger partial charge in [0.2, 0.25) is 5.91 Å². The van der Waals surface area contributed by atoms with E-state index in [1.165, 1.54) is 19.3 Å². The first-order valence-corrected chi connectivity index (χ1v) is 5.57. The van der Waals surface area contributed by atoms with Crippen LogP contribution in [0, 0.1) is 11.8 Å². The Bertz CT molecular complexity index is 194. The lowest BCUT2D eigenvalue weighted by atomic mass is 9.79. The Morgan fingerprint density at radius 2 is 2.00 bits per heavy atom. The van der Waals surface area contributed by atoms with Gasteiger partial charge in [0.25, 0.3) is 0 Å². The van der Waals surface area contributed by atoms with E-state index < -0.39 is 0 Å². The second-order valence-electron chi connectivity index (χ2n) is 4.52. The van der Waals surface area contributed by atoms with E-state index in [9.17, 15) is 4.79 Å². The van der Waals surface area contributed by atoms with Gasteiger partial charge in [-0.05, 0) is 31.1 Å². The van der Waals surface area contributed by atoms with Gasteiger partial charge in [-0.2, -0.15) is 0 Å². The third kappa shape index (κ3) is 3.29. The summed E-state index contributed by atoms with van der Waals surface area (Å²) in [6.45, 7) is 5.08. The predicted molar refractivity (Wildman–Crippen MR) is 58.0 cm³/mol. The van der Waals surface area contributed by atoms with Gasteiger partial charge in [-0.25, -0.2) is 0 Å². The van der Waals surface area contributed by atoms with Crippen molar-refractivity contribution < 1.29 is 4.79 Å². The lowest BCUT2D eigenvalue weighted by molar-refractivity contribution is -0.119. The van der Waals surface area contributed by atoms with Gasteiger partial charge < -0.3 is 10.6 Å². The van der Waals surface area contributed by atoms with Crippen molar-refractivity contribution in [3.8, 4) is 0 Å². The van der Waals surface area contributed by atoms with Crippen LogP contribution in [-0.2, 0) is 4.79 Å². The summed E-state index contributed by atoms with van der Waals surface area (Å²) in [6.07, 6.45) is 3.70. The van der Waals surface area contributed by atoms with Crippen LogP contribution < -0.4 is 10.6 Å². The van der Waals surface area contributed by atoms with Crippen molar-refractivity contribution in [2.45, 2.75) is 39.2 Å². The Hall–Kier alpha value is -0.570. The normalized spacial score (nSPS) is 32.6. The van der Waals surface area contributed by atoms with E-state index in [1.807, 2.05) is 0 Å². The molecule has 1 aliphatic carbocycles. The van der Waals surface area contributed by atoms with Crippen molar-refractivity contribution >= 4 is 5.91 Å². The van der Waals surface area contributed by atoms with E-state index in [1.54, 1.807) is 7.05 Å². The Morgan fingerprint density at radius 3 is 2.57 bits per heavy atom. The van der Waals surface area contributed by atoms with Crippen molar-refractivity contribution in [1.82, 2.24) is 10.6 Å². The summed E-state index contributed by atoms with van der Waals surface area (Å²) in [7, 11) is 1.68. The van der Waals surface area contributed by atoms with E-state index in [4.69, 9.17) is 0 Å². The number of carbonyl (C=O) groups is 1. The van der Waals surface area contributed by atoms with E-state index in [0.717, 1.165) is 11.8 Å². The van der Waals surface area contributed by atoms with Crippen LogP contribution in [0.5, 0.6) is 0 Å². The van der Waals surface area contributed by atoms with Gasteiger partial charge in [-0.3, -0.25) is 4.79 Å². The molecule has 2 N–H and O–H groups in total. The Morgan fingerprint density at radius 1 is 1.29 bits per heavy atom. The predicted octanol–water partition coefficient (Wildman–Crippen LogP) is 1.15. The molecule has 0 aromatic rings. The molecular weight excluding hydrogens is 176 g/mol. The van der Waals surface area contributed by atoms with Crippen molar-refractivity contribution in [2.75, 3.05) is 13.6 Å². The maximum atomic E-state index is 11.0. The van der Waals surface area contributed by atoms with Crippen LogP contribution in [0.25, 0.3) is 0 Å². The molecular formula is C11H22N2O. The number of nitrogens with one attached hydrogen (secondary N) is 2. The monoisotopic (exact) mass is 198 g/mol. The lowest BCUT2D eigenvalue weighted by Crippen LogP contribution is -2.41. The van der Waals surface area contributed by atoms with Gasteiger partial charge in [-0.15, -0.1) is 0 Å². The molecule has 0 aromatic heterocycles. The van der Waals surface area contributed by atoms with Crippen LogP contribution in [0.3, 0.4) is 0 Å². The van der Waals surface area contributed by atoms with Crippen molar-refractivity contribution in [3.63, 3.8) is 0 Å². The van der Waals surface area contributed by atoms with E-state index in [0.29, 0.717) is 12.6 Å². The van der Waals surface area contributed by atoms with Crippen molar-refractivity contribution in [1.29, 1.82) is 0 Å². The molecule has 0 aromatic carbocycles. The van der Waals surface area contributed by atoms with Gasteiger partial charge in [0, 0.05) is 13.1 Å². The third-order valence-corrected chi connectivity index (χ3v) is 3.43. The summed E-state index contributed by atoms with van der Waals surface area (Å²) in [6, 6.07) is 0.540. The van der Waals surface area contributed by atoms with Crippen LogP contribution in [0.15, 0.2) is 0 Å². The van der Waals surface area contributed by atoms with Gasteiger partial charge in [0.05, 0.1) is 6.54 Å². The van der Waals surface area contributed by atoms with E-state index in [-0.39, 0.29) is 5.91 Å². The average Bonchev–Trinajstić information content (AvgIpc) is 2.19. The van der Waals surface area contributed by atoms with Crippen molar-refractivity contribution in [2.24, 2.45) is 11.8 Å². The number of hydrogen-bond donors (Lipinski definition) is 2. The highest BCUT2D eigenvalue weighted by atomic mass is 16.1. The van der Waals surface area contributed by atoms with E-state index >= 15 is 0 Å². The highest BCUT2D eigenvalue weighted by Gasteiger charge is 2.24. The van der Waals surface area contributed by atoms with Crippen molar-refractivity contribution in [3.05, 3.63) is 0 Å². The fraction of sp³-hybridized carbons (Fsp3) is 0.909. The average molecular weight is 198 g/mol. The smallest absolute Gasteiger partial charge is 0.233 e. The molecule has 3 atom stereocenters. The highest BCUT2D eigenvalue weighted by Crippen LogP contribution is 2.29. The molecule has 82 valence electrons. The minimum Gasteiger partial charge on any atom is -0.358 e. The summed E-state index contributed by atoms with van der Waals surface area (Å²) in [5.74, 6) is 1.70. The molecule has 0 radical (unpaired) electrons. The zero-order chi connectivity index (χ0) is 10.6. The summed E-state index contributed by atoms with van der Waals surface area (Å²) in [4.78, 5) is 11.0. The Kier molecular flexibility index (Phi) is 4.39. The molecule has 1 rings (SSSR count). The van der Waals surface area contributed by atoms with Gasteiger partial charge in [0.1, 0.15) is 0 Å². The highest BCUT2D eigenvalue weighted by molar-refractivity contribution is 5.77. The first-order valence-electron chi connectivity index (χ1n) is 5.57. The zero-order valence-corrected chi connectivity index (χ0v) is 9.47. The molecule has 1 saturated carbocycles. The van der Waals surface area contributed by atoms with Crippen LogP contribution in [-0.4, -0.2) is 25.5 Å². The summed E-state index contributed by atoms with van der Waals surface area (Å²) >= 11 is 0. The molecule has 1 fully saturated rings. The maximum Gasteiger partial charge on any atom is 0.233 e. The minimum absolute atomic E-state index is 0.0799. The first kappa shape index (κ1) is 11.5. The summed E-state index contributed by atoms with van der Waals surface area (Å²) in [5, 5.41) is 5.93. The zero-order valence-electron chi connectivity index (χ0n) is 9.47. The standard InChI is InChI=1S/C11H22N2O/c1-8-4-5-10(6-9(8)2)13-7-11(14)12-3/h8-10,13H,4-7H2,1-3H3,(H,12,14). The van der Waals surface area contributed by atoms with Crippen LogP contribution in [0.2, 0.25) is 0 Å². The molecule has 14 heavy (non-hydrogen) atoms. The Balaban J connectivity index is 2.23. The second kappa shape index (κ2) is 5.35. The van der Waals surface area contributed by atoms with Gasteiger partial charge >= 0.3 is 0 Å². The molecule has 1 amide bonds. The fourth-order valence-corrected chi connectivity index (χ4v) is 2.06. The van der Waals surface area contributed by atoms with Crippen LogP contribution in [0.4, 0.5) is 0 Å². The first-order chi connectivity index (χ1) is 6.63. The molecule has 3 unspecified atom stereocenters. The summed E-state index contributed by atoms with van der Waals surface area (Å²) in [5.41, 5.74) is 0. The lowest BCUT2D eigenvalue weighted by Gasteiger charge is -2.32. The molecule has 0 bridgehead atoms. The van der Waals surface area contributed by atoms with Gasteiger partial charge in [0.15, 0.2) is 0 Å². The third-order valence-electron chi connectivity index (χ3n) is 3.43. The van der Waals surface area contributed by atoms with Crippen LogP contribution in [0.1, 0.15) is 33.1 Å². The van der Waals surface area contributed by atoms with Gasteiger partial charge in [-0.1, -0.05) is 13.8 Å². The second-order valence-corrected chi connectivity index (χ2v) is 4.52. The number of likely N-dealkylation sites (N-methyl/N-ethyl adjacent to an activating group) is 1. The molecule has 0 saturated heterocycles.